The van der Waals surface area contributed by atoms with Crippen molar-refractivity contribution in [2.24, 2.45) is 5.73 Å². The Morgan fingerprint density at radius 1 is 1.27 bits per heavy atom. The smallest absolute Gasteiger partial charge is 0.221 e. The van der Waals surface area contributed by atoms with E-state index in [1.165, 1.54) is 12.8 Å². The zero-order valence-corrected chi connectivity index (χ0v) is 6.81. The normalized spacial score (nSPS) is 28.1. The van der Waals surface area contributed by atoms with E-state index in [0.29, 0.717) is 6.42 Å². The van der Waals surface area contributed by atoms with Crippen molar-refractivity contribution in [1.29, 1.82) is 0 Å². The van der Waals surface area contributed by atoms with Crippen LogP contribution < -0.4 is 11.1 Å². The molecule has 3 N–H and O–H groups in total. The minimum atomic E-state index is -0.111. The van der Waals surface area contributed by atoms with E-state index in [-0.39, 0.29) is 12.1 Å². The molecule has 1 aliphatic rings. The van der Waals surface area contributed by atoms with Crippen LogP contribution in [-0.2, 0) is 4.79 Å². The van der Waals surface area contributed by atoms with E-state index in [0.717, 1.165) is 19.3 Å². The molecule has 11 heavy (non-hydrogen) atoms. The van der Waals surface area contributed by atoms with Gasteiger partial charge in [-0.25, -0.2) is 0 Å². The van der Waals surface area contributed by atoms with Crippen LogP contribution in [0.3, 0.4) is 0 Å². The van der Waals surface area contributed by atoms with Crippen LogP contribution >= 0.6 is 0 Å². The van der Waals surface area contributed by atoms with E-state index >= 15 is 0 Å². The highest BCUT2D eigenvalue weighted by atomic mass is 16.1. The van der Waals surface area contributed by atoms with Crippen LogP contribution in [0.4, 0.5) is 0 Å². The molecule has 1 rings (SSSR count). The monoisotopic (exact) mass is 156 g/mol. The summed E-state index contributed by atoms with van der Waals surface area (Å²) in [6, 6.07) is 0. The molecule has 1 unspecified atom stereocenters. The second kappa shape index (κ2) is 4.34. The van der Waals surface area contributed by atoms with Crippen molar-refractivity contribution in [3.8, 4) is 0 Å². The lowest BCUT2D eigenvalue weighted by molar-refractivity contribution is -0.121. The number of carbonyl (C=O) groups is 1. The van der Waals surface area contributed by atoms with E-state index < -0.39 is 0 Å². The van der Waals surface area contributed by atoms with Crippen molar-refractivity contribution in [2.45, 2.75) is 44.7 Å². The van der Waals surface area contributed by atoms with Gasteiger partial charge in [-0.3, -0.25) is 4.79 Å². The summed E-state index contributed by atoms with van der Waals surface area (Å²) in [7, 11) is 0. The first-order valence-corrected chi connectivity index (χ1v) is 4.34. The van der Waals surface area contributed by atoms with Crippen LogP contribution in [0.25, 0.3) is 0 Å². The van der Waals surface area contributed by atoms with Gasteiger partial charge in [0.1, 0.15) is 0 Å². The van der Waals surface area contributed by atoms with Crippen LogP contribution in [-0.4, -0.2) is 12.1 Å². The molecule has 0 saturated carbocycles. The summed E-state index contributed by atoms with van der Waals surface area (Å²) in [5.74, 6) is 0.111. The van der Waals surface area contributed by atoms with E-state index in [1.807, 2.05) is 0 Å². The quantitative estimate of drug-likeness (QED) is 0.543. The van der Waals surface area contributed by atoms with Crippen molar-refractivity contribution in [2.75, 3.05) is 0 Å². The third-order valence-corrected chi connectivity index (χ3v) is 2.02. The molecule has 0 spiro atoms. The number of rotatable bonds is 0. The third kappa shape index (κ3) is 3.37. The highest BCUT2D eigenvalue weighted by molar-refractivity contribution is 5.76. The molecule has 0 radical (unpaired) electrons. The van der Waals surface area contributed by atoms with E-state index in [2.05, 4.69) is 5.32 Å². The van der Waals surface area contributed by atoms with Crippen molar-refractivity contribution >= 4 is 5.91 Å². The van der Waals surface area contributed by atoms with Gasteiger partial charge in [-0.15, -0.1) is 0 Å². The summed E-state index contributed by atoms with van der Waals surface area (Å²) in [5.41, 5.74) is 5.63. The number of amides is 1. The van der Waals surface area contributed by atoms with Crippen LogP contribution in [0.2, 0.25) is 0 Å². The molecule has 1 saturated heterocycles. The molecule has 1 atom stereocenters. The molecule has 3 heteroatoms. The summed E-state index contributed by atoms with van der Waals surface area (Å²) in [4.78, 5) is 11.0. The van der Waals surface area contributed by atoms with Crippen LogP contribution in [0.1, 0.15) is 38.5 Å². The van der Waals surface area contributed by atoms with Gasteiger partial charge < -0.3 is 11.1 Å². The maximum Gasteiger partial charge on any atom is 0.221 e. The van der Waals surface area contributed by atoms with Crippen LogP contribution in [0, 0.1) is 0 Å². The Morgan fingerprint density at radius 2 is 2.00 bits per heavy atom. The zero-order valence-electron chi connectivity index (χ0n) is 6.81. The topological polar surface area (TPSA) is 55.1 Å². The SMILES string of the molecule is NC1CCCCCCC(=O)N1. The number of hydrogen-bond acceptors (Lipinski definition) is 2. The lowest BCUT2D eigenvalue weighted by atomic mass is 10.1. The molecule has 1 heterocycles. The summed E-state index contributed by atoms with van der Waals surface area (Å²) in [6.07, 6.45) is 5.99. The first-order valence-electron chi connectivity index (χ1n) is 4.34. The third-order valence-electron chi connectivity index (χ3n) is 2.02. The molecule has 0 aromatic heterocycles. The van der Waals surface area contributed by atoms with Gasteiger partial charge in [-0.2, -0.15) is 0 Å². The Balaban J connectivity index is 2.33. The number of nitrogens with two attached hydrogens (primary N) is 1. The van der Waals surface area contributed by atoms with Crippen LogP contribution in [0.15, 0.2) is 0 Å². The van der Waals surface area contributed by atoms with Crippen molar-refractivity contribution in [1.82, 2.24) is 5.32 Å². The molecule has 1 aliphatic heterocycles. The molecule has 0 aliphatic carbocycles. The van der Waals surface area contributed by atoms with Gasteiger partial charge in [0.25, 0.3) is 0 Å². The second-order valence-electron chi connectivity index (χ2n) is 3.13. The predicted molar refractivity (Wildman–Crippen MR) is 43.8 cm³/mol. The average Bonchev–Trinajstić information content (AvgIpc) is 2.02. The molecule has 0 bridgehead atoms. The van der Waals surface area contributed by atoms with Gasteiger partial charge in [-0.05, 0) is 12.8 Å². The Bertz CT molecular complexity index is 136. The summed E-state index contributed by atoms with van der Waals surface area (Å²) < 4.78 is 0. The second-order valence-corrected chi connectivity index (χ2v) is 3.13. The number of carbonyl (C=O) groups excluding carboxylic acids is 1. The summed E-state index contributed by atoms with van der Waals surface area (Å²) in [5, 5.41) is 2.76. The maximum atomic E-state index is 11.0. The van der Waals surface area contributed by atoms with E-state index in [1.54, 1.807) is 0 Å². The largest absolute Gasteiger partial charge is 0.341 e. The van der Waals surface area contributed by atoms with Crippen LogP contribution in [0.5, 0.6) is 0 Å². The highest BCUT2D eigenvalue weighted by Gasteiger charge is 2.09. The fourth-order valence-electron chi connectivity index (χ4n) is 1.35. The van der Waals surface area contributed by atoms with Gasteiger partial charge in [0.2, 0.25) is 5.91 Å². The fourth-order valence-corrected chi connectivity index (χ4v) is 1.35. The predicted octanol–water partition coefficient (Wildman–Crippen LogP) is 0.742. The van der Waals surface area contributed by atoms with Crippen molar-refractivity contribution in [3.05, 3.63) is 0 Å². The molecular weight excluding hydrogens is 140 g/mol. The van der Waals surface area contributed by atoms with Crippen molar-refractivity contribution < 1.29 is 4.79 Å². The summed E-state index contributed by atoms with van der Waals surface area (Å²) >= 11 is 0. The van der Waals surface area contributed by atoms with Gasteiger partial charge in [0, 0.05) is 6.42 Å². The Kier molecular flexibility index (Phi) is 3.36. The first-order chi connectivity index (χ1) is 5.29. The van der Waals surface area contributed by atoms with Crippen molar-refractivity contribution in [3.63, 3.8) is 0 Å². The maximum absolute atomic E-state index is 11.0. The molecule has 0 aromatic carbocycles. The standard InChI is InChI=1S/C8H16N2O/c9-7-5-3-1-2-4-6-8(11)10-7/h7H,1-6,9H2,(H,10,11). The zero-order chi connectivity index (χ0) is 8.10. The van der Waals surface area contributed by atoms with E-state index in [4.69, 9.17) is 5.73 Å². The minimum absolute atomic E-state index is 0.111. The Hall–Kier alpha value is -0.570. The van der Waals surface area contributed by atoms with Gasteiger partial charge in [-0.1, -0.05) is 19.3 Å². The molecular formula is C8H16N2O. The van der Waals surface area contributed by atoms with E-state index in [9.17, 15) is 4.79 Å². The fraction of sp³-hybridized carbons (Fsp3) is 0.875. The van der Waals surface area contributed by atoms with Gasteiger partial charge in [0.15, 0.2) is 0 Å². The highest BCUT2D eigenvalue weighted by Crippen LogP contribution is 2.08. The molecule has 1 fully saturated rings. The minimum Gasteiger partial charge on any atom is -0.341 e. The summed E-state index contributed by atoms with van der Waals surface area (Å²) in [6.45, 7) is 0. The lowest BCUT2D eigenvalue weighted by Gasteiger charge is -2.10. The van der Waals surface area contributed by atoms with Gasteiger partial charge >= 0.3 is 0 Å². The number of hydrogen-bond donors (Lipinski definition) is 2. The first kappa shape index (κ1) is 8.53. The Labute approximate surface area is 67.3 Å². The Morgan fingerprint density at radius 3 is 2.82 bits per heavy atom. The molecule has 64 valence electrons. The van der Waals surface area contributed by atoms with Gasteiger partial charge in [0.05, 0.1) is 6.17 Å². The molecule has 3 nitrogen and oxygen atoms in total. The lowest BCUT2D eigenvalue weighted by Crippen LogP contribution is -2.40. The number of nitrogens with one attached hydrogen (secondary N) is 1. The molecule has 1 amide bonds. The average molecular weight is 156 g/mol. The molecule has 0 aromatic rings.